The fourth-order valence-corrected chi connectivity index (χ4v) is 3.90. The molecule has 0 amide bonds. The second-order valence-corrected chi connectivity index (χ2v) is 7.85. The average molecular weight is 450 g/mol. The van der Waals surface area contributed by atoms with Gasteiger partial charge in [0.2, 0.25) is 23.5 Å². The number of nitro benzene ring substituents is 1. The lowest BCUT2D eigenvalue weighted by Gasteiger charge is -2.29. The van der Waals surface area contributed by atoms with Gasteiger partial charge in [-0.2, -0.15) is 4.98 Å². The van der Waals surface area contributed by atoms with Gasteiger partial charge in [0.05, 0.1) is 17.4 Å². The molecule has 1 unspecified atom stereocenters. The number of non-ortho nitro benzene ring substituents is 1. The Morgan fingerprint density at radius 2 is 2.00 bits per heavy atom. The SMILES string of the molecule is O=[N+]([O-])c1ccc(-c2nnc(CN3CCCC(c4nc(-c5cccc(F)c5)no4)C3)o2)cc1. The highest BCUT2D eigenvalue weighted by Gasteiger charge is 2.27. The highest BCUT2D eigenvalue weighted by molar-refractivity contribution is 5.55. The molecule has 10 nitrogen and oxygen atoms in total. The van der Waals surface area contributed by atoms with Gasteiger partial charge in [0.25, 0.3) is 5.69 Å². The number of piperidine rings is 1. The zero-order chi connectivity index (χ0) is 22.8. The summed E-state index contributed by atoms with van der Waals surface area (Å²) in [5.74, 6) is 1.35. The average Bonchev–Trinajstić information content (AvgIpc) is 3.50. The molecule has 3 heterocycles. The van der Waals surface area contributed by atoms with E-state index in [0.29, 0.717) is 47.7 Å². The molecule has 1 aliphatic rings. The number of nitrogens with zero attached hydrogens (tertiary/aromatic N) is 6. The molecule has 1 fully saturated rings. The zero-order valence-corrected chi connectivity index (χ0v) is 17.4. The maximum absolute atomic E-state index is 13.5. The third-order valence-corrected chi connectivity index (χ3v) is 5.53. The molecule has 1 saturated heterocycles. The summed E-state index contributed by atoms with van der Waals surface area (Å²) < 4.78 is 24.7. The van der Waals surface area contributed by atoms with Crippen LogP contribution in [-0.2, 0) is 6.54 Å². The van der Waals surface area contributed by atoms with Crippen LogP contribution < -0.4 is 0 Å². The van der Waals surface area contributed by atoms with E-state index >= 15 is 0 Å². The summed E-state index contributed by atoms with van der Waals surface area (Å²) in [7, 11) is 0. The molecule has 0 bridgehead atoms. The lowest BCUT2D eigenvalue weighted by molar-refractivity contribution is -0.384. The molecule has 33 heavy (non-hydrogen) atoms. The first kappa shape index (κ1) is 20.9. The Bertz CT molecular complexity index is 1270. The van der Waals surface area contributed by atoms with Crippen molar-refractivity contribution in [3.63, 3.8) is 0 Å². The van der Waals surface area contributed by atoms with E-state index < -0.39 is 4.92 Å². The van der Waals surface area contributed by atoms with E-state index in [0.717, 1.165) is 19.4 Å². The topological polar surface area (TPSA) is 124 Å². The quantitative estimate of drug-likeness (QED) is 0.314. The minimum absolute atomic E-state index is 0.000529. The van der Waals surface area contributed by atoms with Gasteiger partial charge in [-0.25, -0.2) is 4.39 Å². The number of hydrogen-bond donors (Lipinski definition) is 0. The molecule has 2 aromatic heterocycles. The number of hydrogen-bond acceptors (Lipinski definition) is 9. The van der Waals surface area contributed by atoms with Crippen LogP contribution in [-0.4, -0.2) is 43.3 Å². The summed E-state index contributed by atoms with van der Waals surface area (Å²) in [6.07, 6.45) is 1.84. The van der Waals surface area contributed by atoms with Crippen molar-refractivity contribution < 1.29 is 18.3 Å². The van der Waals surface area contributed by atoms with E-state index in [1.807, 2.05) is 0 Å². The normalized spacial score (nSPS) is 16.7. The van der Waals surface area contributed by atoms with Crippen LogP contribution >= 0.6 is 0 Å². The van der Waals surface area contributed by atoms with Gasteiger partial charge < -0.3 is 8.94 Å². The fraction of sp³-hybridized carbons (Fsp3) is 0.273. The van der Waals surface area contributed by atoms with E-state index in [1.54, 1.807) is 24.3 Å². The molecule has 0 spiro atoms. The number of aromatic nitrogens is 4. The predicted octanol–water partition coefficient (Wildman–Crippen LogP) is 4.21. The smallest absolute Gasteiger partial charge is 0.269 e. The second-order valence-electron chi connectivity index (χ2n) is 7.85. The second kappa shape index (κ2) is 8.87. The molecule has 0 saturated carbocycles. The third-order valence-electron chi connectivity index (χ3n) is 5.53. The van der Waals surface area contributed by atoms with Gasteiger partial charge in [0.1, 0.15) is 5.82 Å². The molecular weight excluding hydrogens is 431 g/mol. The van der Waals surface area contributed by atoms with E-state index in [1.165, 1.54) is 24.3 Å². The number of likely N-dealkylation sites (tertiary alicyclic amines) is 1. The van der Waals surface area contributed by atoms with Crippen LogP contribution in [0.1, 0.15) is 30.5 Å². The summed E-state index contributed by atoms with van der Waals surface area (Å²) in [5, 5.41) is 23.0. The van der Waals surface area contributed by atoms with E-state index in [4.69, 9.17) is 8.94 Å². The summed E-state index contributed by atoms with van der Waals surface area (Å²) in [6, 6.07) is 12.1. The molecule has 2 aromatic carbocycles. The Morgan fingerprint density at radius 3 is 2.79 bits per heavy atom. The van der Waals surface area contributed by atoms with Crippen molar-refractivity contribution in [3.05, 3.63) is 76.2 Å². The first-order chi connectivity index (χ1) is 16.0. The Balaban J connectivity index is 1.24. The van der Waals surface area contributed by atoms with Crippen molar-refractivity contribution in [3.8, 4) is 22.8 Å². The maximum Gasteiger partial charge on any atom is 0.269 e. The number of nitro groups is 1. The Morgan fingerprint density at radius 1 is 1.15 bits per heavy atom. The van der Waals surface area contributed by atoms with Gasteiger partial charge in [0, 0.05) is 29.8 Å². The number of halogens is 1. The van der Waals surface area contributed by atoms with Crippen LogP contribution in [0, 0.1) is 15.9 Å². The summed E-state index contributed by atoms with van der Waals surface area (Å²) in [4.78, 5) is 17.0. The molecule has 0 radical (unpaired) electrons. The minimum Gasteiger partial charge on any atom is -0.419 e. The molecule has 168 valence electrons. The van der Waals surface area contributed by atoms with Gasteiger partial charge in [0.15, 0.2) is 0 Å². The summed E-state index contributed by atoms with van der Waals surface area (Å²) >= 11 is 0. The minimum atomic E-state index is -0.458. The van der Waals surface area contributed by atoms with E-state index in [9.17, 15) is 14.5 Å². The Kier molecular flexibility index (Phi) is 5.61. The van der Waals surface area contributed by atoms with Crippen molar-refractivity contribution in [1.29, 1.82) is 0 Å². The molecule has 11 heteroatoms. The standard InChI is InChI=1S/C22H19FN6O4/c23-17-5-1-3-15(11-17)20-24-21(33-27-20)16-4-2-10-28(12-16)13-19-25-26-22(32-19)14-6-8-18(9-7-14)29(30)31/h1,3,5-9,11,16H,2,4,10,12-13H2. The van der Waals surface area contributed by atoms with Crippen molar-refractivity contribution in [2.24, 2.45) is 0 Å². The Hall–Kier alpha value is -3.99. The van der Waals surface area contributed by atoms with Gasteiger partial charge in [-0.3, -0.25) is 15.0 Å². The highest BCUT2D eigenvalue weighted by atomic mass is 19.1. The molecule has 5 rings (SSSR count). The Labute approximate surface area is 187 Å². The first-order valence-electron chi connectivity index (χ1n) is 10.4. The largest absolute Gasteiger partial charge is 0.419 e. The number of rotatable bonds is 6. The molecule has 0 aliphatic carbocycles. The highest BCUT2D eigenvalue weighted by Crippen LogP contribution is 2.29. The molecule has 0 N–H and O–H groups in total. The molecule has 1 aliphatic heterocycles. The van der Waals surface area contributed by atoms with Gasteiger partial charge in [-0.15, -0.1) is 10.2 Å². The lowest BCUT2D eigenvalue weighted by atomic mass is 9.98. The van der Waals surface area contributed by atoms with Crippen molar-refractivity contribution in [2.75, 3.05) is 13.1 Å². The maximum atomic E-state index is 13.5. The van der Waals surface area contributed by atoms with Crippen LogP contribution in [0.25, 0.3) is 22.8 Å². The number of benzene rings is 2. The van der Waals surface area contributed by atoms with Crippen LogP contribution in [0.3, 0.4) is 0 Å². The van der Waals surface area contributed by atoms with Crippen LogP contribution in [0.5, 0.6) is 0 Å². The van der Waals surface area contributed by atoms with Crippen LogP contribution in [0.2, 0.25) is 0 Å². The molecular formula is C22H19FN6O4. The molecule has 4 aromatic rings. The van der Waals surface area contributed by atoms with Crippen molar-refractivity contribution >= 4 is 5.69 Å². The van der Waals surface area contributed by atoms with E-state index in [-0.39, 0.29) is 17.4 Å². The first-order valence-corrected chi connectivity index (χ1v) is 10.4. The third kappa shape index (κ3) is 4.62. The monoisotopic (exact) mass is 450 g/mol. The summed E-state index contributed by atoms with van der Waals surface area (Å²) in [5.41, 5.74) is 1.19. The van der Waals surface area contributed by atoms with Crippen LogP contribution in [0.4, 0.5) is 10.1 Å². The predicted molar refractivity (Wildman–Crippen MR) is 113 cm³/mol. The van der Waals surface area contributed by atoms with Crippen molar-refractivity contribution in [2.45, 2.75) is 25.3 Å². The fourth-order valence-electron chi connectivity index (χ4n) is 3.90. The van der Waals surface area contributed by atoms with Crippen molar-refractivity contribution in [1.82, 2.24) is 25.2 Å². The van der Waals surface area contributed by atoms with Crippen LogP contribution in [0.15, 0.2) is 57.5 Å². The van der Waals surface area contributed by atoms with E-state index in [2.05, 4.69) is 25.2 Å². The van der Waals surface area contributed by atoms with Gasteiger partial charge in [-0.05, 0) is 43.7 Å². The van der Waals surface area contributed by atoms with Gasteiger partial charge in [-0.1, -0.05) is 17.3 Å². The molecule has 1 atom stereocenters. The lowest BCUT2D eigenvalue weighted by Crippen LogP contribution is -2.34. The zero-order valence-electron chi connectivity index (χ0n) is 17.4. The summed E-state index contributed by atoms with van der Waals surface area (Å²) in [6.45, 7) is 2.00. The van der Waals surface area contributed by atoms with Gasteiger partial charge >= 0.3 is 0 Å².